The molecule has 0 bridgehead atoms. The summed E-state index contributed by atoms with van der Waals surface area (Å²) in [5, 5.41) is 1.92. The zero-order valence-electron chi connectivity index (χ0n) is 9.50. The number of furan rings is 1. The van der Waals surface area contributed by atoms with Gasteiger partial charge in [-0.15, -0.1) is 11.3 Å². The average molecular weight is 250 g/mol. The second kappa shape index (κ2) is 5.16. The van der Waals surface area contributed by atoms with Gasteiger partial charge in [0.2, 0.25) is 5.91 Å². The average Bonchev–Trinajstić information content (AvgIpc) is 2.99. The first-order valence-electron chi connectivity index (χ1n) is 5.23. The summed E-state index contributed by atoms with van der Waals surface area (Å²) in [7, 11) is 1.74. The standard InChI is InChI=1S/C12H14N2O2S/c1-14(7-9-4-5-16-8-9)12(15)11(13)10-3-2-6-17-10/h2-6,8,11H,7,13H2,1H3. The van der Waals surface area contributed by atoms with Crippen molar-refractivity contribution in [3.63, 3.8) is 0 Å². The van der Waals surface area contributed by atoms with E-state index in [1.165, 1.54) is 11.3 Å². The molecule has 1 unspecified atom stereocenters. The molecule has 0 aliphatic rings. The van der Waals surface area contributed by atoms with E-state index in [2.05, 4.69) is 0 Å². The summed E-state index contributed by atoms with van der Waals surface area (Å²) < 4.78 is 4.96. The lowest BCUT2D eigenvalue weighted by molar-refractivity contribution is -0.131. The van der Waals surface area contributed by atoms with E-state index in [0.717, 1.165) is 10.4 Å². The van der Waals surface area contributed by atoms with Crippen molar-refractivity contribution in [2.24, 2.45) is 5.73 Å². The summed E-state index contributed by atoms with van der Waals surface area (Å²) in [6, 6.07) is 5.02. The fourth-order valence-corrected chi connectivity index (χ4v) is 2.28. The monoisotopic (exact) mass is 250 g/mol. The van der Waals surface area contributed by atoms with E-state index in [1.807, 2.05) is 23.6 Å². The number of nitrogens with two attached hydrogens (primary N) is 1. The van der Waals surface area contributed by atoms with Crippen molar-refractivity contribution < 1.29 is 9.21 Å². The normalized spacial score (nSPS) is 12.4. The Bertz CT molecular complexity index is 465. The van der Waals surface area contributed by atoms with E-state index in [4.69, 9.17) is 10.2 Å². The quantitative estimate of drug-likeness (QED) is 0.902. The Kier molecular flexibility index (Phi) is 3.61. The third-order valence-corrected chi connectivity index (χ3v) is 3.45. The second-order valence-corrected chi connectivity index (χ2v) is 4.80. The van der Waals surface area contributed by atoms with Gasteiger partial charge in [-0.25, -0.2) is 0 Å². The highest BCUT2D eigenvalue weighted by atomic mass is 32.1. The first-order valence-corrected chi connectivity index (χ1v) is 6.11. The van der Waals surface area contributed by atoms with Gasteiger partial charge in [0.25, 0.3) is 0 Å². The summed E-state index contributed by atoms with van der Waals surface area (Å²) in [6.07, 6.45) is 3.22. The second-order valence-electron chi connectivity index (χ2n) is 3.82. The fraction of sp³-hybridized carbons (Fsp3) is 0.250. The third-order valence-electron chi connectivity index (χ3n) is 2.49. The number of rotatable bonds is 4. The molecule has 17 heavy (non-hydrogen) atoms. The highest BCUT2D eigenvalue weighted by Crippen LogP contribution is 2.19. The summed E-state index contributed by atoms with van der Waals surface area (Å²) in [4.78, 5) is 14.5. The van der Waals surface area contributed by atoms with Crippen molar-refractivity contribution >= 4 is 17.2 Å². The van der Waals surface area contributed by atoms with Crippen molar-refractivity contribution in [2.45, 2.75) is 12.6 Å². The number of carbonyl (C=O) groups is 1. The molecule has 0 aromatic carbocycles. The van der Waals surface area contributed by atoms with E-state index in [0.29, 0.717) is 6.54 Å². The lowest BCUT2D eigenvalue weighted by Crippen LogP contribution is -2.34. The predicted molar refractivity (Wildman–Crippen MR) is 66.4 cm³/mol. The van der Waals surface area contributed by atoms with E-state index in [9.17, 15) is 4.79 Å². The van der Waals surface area contributed by atoms with Crippen LogP contribution in [0.5, 0.6) is 0 Å². The molecule has 2 aromatic heterocycles. The zero-order chi connectivity index (χ0) is 12.3. The van der Waals surface area contributed by atoms with Crippen LogP contribution < -0.4 is 5.73 Å². The molecule has 1 atom stereocenters. The fourth-order valence-electron chi connectivity index (χ4n) is 1.56. The van der Waals surface area contributed by atoms with Crippen molar-refractivity contribution in [1.29, 1.82) is 0 Å². The topological polar surface area (TPSA) is 59.5 Å². The number of amides is 1. The molecule has 0 radical (unpaired) electrons. The van der Waals surface area contributed by atoms with Crippen molar-refractivity contribution in [3.05, 3.63) is 46.5 Å². The molecule has 0 saturated heterocycles. The van der Waals surface area contributed by atoms with Crippen molar-refractivity contribution in [2.75, 3.05) is 7.05 Å². The van der Waals surface area contributed by atoms with Gasteiger partial charge >= 0.3 is 0 Å². The molecule has 2 heterocycles. The van der Waals surface area contributed by atoms with Crippen LogP contribution in [0.1, 0.15) is 16.5 Å². The number of carbonyl (C=O) groups excluding carboxylic acids is 1. The highest BCUT2D eigenvalue weighted by molar-refractivity contribution is 7.10. The van der Waals surface area contributed by atoms with Gasteiger partial charge in [-0.3, -0.25) is 4.79 Å². The van der Waals surface area contributed by atoms with Gasteiger partial charge in [0.05, 0.1) is 12.5 Å². The Morgan fingerprint density at radius 1 is 1.59 bits per heavy atom. The van der Waals surface area contributed by atoms with Crippen LogP contribution in [-0.4, -0.2) is 17.9 Å². The maximum absolute atomic E-state index is 12.0. The molecule has 0 fully saturated rings. The number of nitrogens with zero attached hydrogens (tertiary/aromatic N) is 1. The number of hydrogen-bond donors (Lipinski definition) is 1. The van der Waals surface area contributed by atoms with Crippen molar-refractivity contribution in [1.82, 2.24) is 4.90 Å². The molecule has 2 N–H and O–H groups in total. The van der Waals surface area contributed by atoms with Crippen LogP contribution in [0.2, 0.25) is 0 Å². The smallest absolute Gasteiger partial charge is 0.244 e. The predicted octanol–water partition coefficient (Wildman–Crippen LogP) is 2.00. The van der Waals surface area contributed by atoms with Crippen LogP contribution in [-0.2, 0) is 11.3 Å². The molecule has 1 amide bonds. The maximum atomic E-state index is 12.0. The minimum Gasteiger partial charge on any atom is -0.472 e. The molecule has 2 rings (SSSR count). The van der Waals surface area contributed by atoms with Crippen LogP contribution in [0.3, 0.4) is 0 Å². The Labute approximate surface area is 104 Å². The Balaban J connectivity index is 2.00. The van der Waals surface area contributed by atoms with E-state index in [-0.39, 0.29) is 5.91 Å². The summed E-state index contributed by atoms with van der Waals surface area (Å²) in [6.45, 7) is 0.508. The zero-order valence-corrected chi connectivity index (χ0v) is 10.3. The Morgan fingerprint density at radius 3 is 3.00 bits per heavy atom. The van der Waals surface area contributed by atoms with Gasteiger partial charge in [-0.2, -0.15) is 0 Å². The SMILES string of the molecule is CN(Cc1ccoc1)C(=O)C(N)c1cccs1. The number of likely N-dealkylation sites (N-methyl/N-ethyl adjacent to an activating group) is 1. The molecule has 4 nitrogen and oxygen atoms in total. The molecule has 0 saturated carbocycles. The van der Waals surface area contributed by atoms with Crippen LogP contribution in [0.15, 0.2) is 40.5 Å². The van der Waals surface area contributed by atoms with Gasteiger partial charge in [0.15, 0.2) is 0 Å². The molecule has 0 aliphatic carbocycles. The molecule has 90 valence electrons. The lowest BCUT2D eigenvalue weighted by atomic mass is 10.2. The first-order chi connectivity index (χ1) is 8.18. The minimum atomic E-state index is -0.577. The summed E-state index contributed by atoms with van der Waals surface area (Å²) in [5.74, 6) is -0.0892. The van der Waals surface area contributed by atoms with Crippen LogP contribution >= 0.6 is 11.3 Å². The Morgan fingerprint density at radius 2 is 2.41 bits per heavy atom. The van der Waals surface area contributed by atoms with Gasteiger partial charge in [-0.1, -0.05) is 6.07 Å². The summed E-state index contributed by atoms with van der Waals surface area (Å²) in [5.41, 5.74) is 6.87. The van der Waals surface area contributed by atoms with E-state index < -0.39 is 6.04 Å². The first kappa shape index (κ1) is 11.9. The molecular weight excluding hydrogens is 236 g/mol. The van der Waals surface area contributed by atoms with Gasteiger partial charge in [-0.05, 0) is 17.5 Å². The van der Waals surface area contributed by atoms with E-state index in [1.54, 1.807) is 24.5 Å². The summed E-state index contributed by atoms with van der Waals surface area (Å²) >= 11 is 1.49. The highest BCUT2D eigenvalue weighted by Gasteiger charge is 2.20. The van der Waals surface area contributed by atoms with Gasteiger partial charge in [0, 0.05) is 24.0 Å². The Hall–Kier alpha value is -1.59. The largest absolute Gasteiger partial charge is 0.472 e. The van der Waals surface area contributed by atoms with Gasteiger partial charge in [0.1, 0.15) is 6.04 Å². The molecule has 2 aromatic rings. The molecule has 0 aliphatic heterocycles. The van der Waals surface area contributed by atoms with Crippen LogP contribution in [0.25, 0.3) is 0 Å². The lowest BCUT2D eigenvalue weighted by Gasteiger charge is -2.19. The molecular formula is C12H14N2O2S. The van der Waals surface area contributed by atoms with Gasteiger partial charge < -0.3 is 15.1 Å². The number of thiophene rings is 1. The van der Waals surface area contributed by atoms with Crippen molar-refractivity contribution in [3.8, 4) is 0 Å². The maximum Gasteiger partial charge on any atom is 0.244 e. The molecule has 0 spiro atoms. The van der Waals surface area contributed by atoms with Crippen LogP contribution in [0.4, 0.5) is 0 Å². The van der Waals surface area contributed by atoms with E-state index >= 15 is 0 Å². The molecule has 5 heteroatoms. The van der Waals surface area contributed by atoms with Crippen LogP contribution in [0, 0.1) is 0 Å². The third kappa shape index (κ3) is 2.75. The number of hydrogen-bond acceptors (Lipinski definition) is 4. The minimum absolute atomic E-state index is 0.0892.